The largest absolute Gasteiger partial charge is 0.0833 e. The van der Waals surface area contributed by atoms with Gasteiger partial charge in [-0.05, 0) is 35.3 Å². The fourth-order valence-electron chi connectivity index (χ4n) is 3.07. The molecule has 0 N–H and O–H groups in total. The zero-order valence-corrected chi connectivity index (χ0v) is 13.5. The van der Waals surface area contributed by atoms with Crippen molar-refractivity contribution >= 4 is 15.9 Å². The Morgan fingerprint density at radius 1 is 0.944 bits per heavy atom. The van der Waals surface area contributed by atoms with E-state index < -0.39 is 0 Å². The van der Waals surface area contributed by atoms with Crippen LogP contribution in [0.1, 0.15) is 74.7 Å². The van der Waals surface area contributed by atoms with Crippen molar-refractivity contribution in [1.29, 1.82) is 0 Å². The lowest BCUT2D eigenvalue weighted by molar-refractivity contribution is 0.213. The third kappa shape index (κ3) is 2.99. The second kappa shape index (κ2) is 5.77. The van der Waals surface area contributed by atoms with Gasteiger partial charge in [-0.15, -0.1) is 0 Å². The van der Waals surface area contributed by atoms with Gasteiger partial charge in [0.2, 0.25) is 0 Å². The fraction of sp³-hybridized carbons (Fsp3) is 0.647. The molecule has 0 saturated heterocycles. The molecular formula is C17H25Br. The first kappa shape index (κ1) is 14.1. The summed E-state index contributed by atoms with van der Waals surface area (Å²) in [4.78, 5) is 0.506. The van der Waals surface area contributed by atoms with Crippen molar-refractivity contribution < 1.29 is 0 Å². The predicted molar refractivity (Wildman–Crippen MR) is 83.4 cm³/mol. The smallest absolute Gasteiger partial charge is 0.0448 e. The molecule has 18 heavy (non-hydrogen) atoms. The molecule has 1 atom stereocenters. The van der Waals surface area contributed by atoms with Crippen LogP contribution < -0.4 is 0 Å². The van der Waals surface area contributed by atoms with Gasteiger partial charge in [-0.3, -0.25) is 0 Å². The van der Waals surface area contributed by atoms with E-state index in [-0.39, 0.29) is 0 Å². The number of hydrogen-bond acceptors (Lipinski definition) is 0. The van der Waals surface area contributed by atoms with E-state index in [1.165, 1.54) is 43.2 Å². The van der Waals surface area contributed by atoms with Gasteiger partial charge < -0.3 is 0 Å². The Morgan fingerprint density at radius 2 is 1.44 bits per heavy atom. The van der Waals surface area contributed by atoms with E-state index in [4.69, 9.17) is 0 Å². The van der Waals surface area contributed by atoms with Crippen LogP contribution in [0.2, 0.25) is 0 Å². The van der Waals surface area contributed by atoms with Gasteiger partial charge in [0.1, 0.15) is 0 Å². The summed E-state index contributed by atoms with van der Waals surface area (Å²) in [5, 5.41) is 0. The standard InChI is InChI=1S/C17H25Br/c1-13(2)14-7-9-15(10-8-14)16(18)17(3)11-5-4-6-12-17/h7-10,13,16H,4-6,11-12H2,1-3H3. The first-order valence-electron chi connectivity index (χ1n) is 7.27. The Kier molecular flexibility index (Phi) is 4.53. The van der Waals surface area contributed by atoms with Crippen molar-refractivity contribution in [3.63, 3.8) is 0 Å². The molecule has 0 heterocycles. The van der Waals surface area contributed by atoms with Crippen molar-refractivity contribution in [2.24, 2.45) is 5.41 Å². The average molecular weight is 309 g/mol. The minimum atomic E-state index is 0.442. The van der Waals surface area contributed by atoms with Gasteiger partial charge in [0.15, 0.2) is 0 Å². The molecule has 0 aliphatic heterocycles. The van der Waals surface area contributed by atoms with Crippen LogP contribution in [-0.4, -0.2) is 0 Å². The highest BCUT2D eigenvalue weighted by molar-refractivity contribution is 9.09. The monoisotopic (exact) mass is 308 g/mol. The van der Waals surface area contributed by atoms with Gasteiger partial charge in [-0.2, -0.15) is 0 Å². The average Bonchev–Trinajstić information content (AvgIpc) is 2.39. The molecule has 0 aromatic heterocycles. The molecule has 0 nitrogen and oxygen atoms in total. The molecule has 100 valence electrons. The predicted octanol–water partition coefficient (Wildman–Crippen LogP) is 6.22. The minimum absolute atomic E-state index is 0.442. The van der Waals surface area contributed by atoms with E-state index in [0.29, 0.717) is 16.2 Å². The summed E-state index contributed by atoms with van der Waals surface area (Å²) in [5.74, 6) is 0.623. The van der Waals surface area contributed by atoms with Gasteiger partial charge in [0, 0.05) is 4.83 Å². The van der Waals surface area contributed by atoms with Crippen molar-refractivity contribution in [2.75, 3.05) is 0 Å². The van der Waals surface area contributed by atoms with Gasteiger partial charge in [-0.25, -0.2) is 0 Å². The summed E-state index contributed by atoms with van der Waals surface area (Å²) in [5.41, 5.74) is 3.33. The van der Waals surface area contributed by atoms with Crippen LogP contribution in [0.25, 0.3) is 0 Å². The maximum Gasteiger partial charge on any atom is 0.0448 e. The van der Waals surface area contributed by atoms with Crippen LogP contribution in [0.15, 0.2) is 24.3 Å². The molecule has 0 radical (unpaired) electrons. The molecule has 0 amide bonds. The van der Waals surface area contributed by atoms with Crippen LogP contribution in [0.3, 0.4) is 0 Å². The zero-order valence-electron chi connectivity index (χ0n) is 11.9. The second-order valence-electron chi connectivity index (χ2n) is 6.40. The molecule has 1 saturated carbocycles. The van der Waals surface area contributed by atoms with Crippen LogP contribution in [-0.2, 0) is 0 Å². The molecule has 1 aromatic rings. The number of benzene rings is 1. The van der Waals surface area contributed by atoms with Crippen LogP contribution >= 0.6 is 15.9 Å². The Balaban J connectivity index is 2.15. The number of alkyl halides is 1. The molecule has 1 aromatic carbocycles. The summed E-state index contributed by atoms with van der Waals surface area (Å²) in [7, 11) is 0. The molecule has 0 spiro atoms. The highest BCUT2D eigenvalue weighted by atomic mass is 79.9. The zero-order chi connectivity index (χ0) is 13.2. The fourth-order valence-corrected chi connectivity index (χ4v) is 3.83. The number of halogens is 1. The number of hydrogen-bond donors (Lipinski definition) is 0. The Bertz CT molecular complexity index is 371. The second-order valence-corrected chi connectivity index (χ2v) is 7.31. The van der Waals surface area contributed by atoms with Crippen molar-refractivity contribution in [3.05, 3.63) is 35.4 Å². The molecule has 1 fully saturated rings. The van der Waals surface area contributed by atoms with Crippen LogP contribution in [0, 0.1) is 5.41 Å². The van der Waals surface area contributed by atoms with E-state index in [1.54, 1.807) is 0 Å². The minimum Gasteiger partial charge on any atom is -0.0833 e. The Morgan fingerprint density at radius 3 is 1.94 bits per heavy atom. The van der Waals surface area contributed by atoms with Crippen molar-refractivity contribution in [3.8, 4) is 0 Å². The van der Waals surface area contributed by atoms with Crippen LogP contribution in [0.5, 0.6) is 0 Å². The summed E-state index contributed by atoms with van der Waals surface area (Å²) < 4.78 is 0. The van der Waals surface area contributed by atoms with Gasteiger partial charge in [0.05, 0.1) is 0 Å². The van der Waals surface area contributed by atoms with E-state index in [0.717, 1.165) is 0 Å². The molecular weight excluding hydrogens is 284 g/mol. The van der Waals surface area contributed by atoms with Crippen LogP contribution in [0.4, 0.5) is 0 Å². The normalized spacial score (nSPS) is 20.9. The summed E-state index contributed by atoms with van der Waals surface area (Å²) in [6, 6.07) is 9.21. The van der Waals surface area contributed by atoms with Crippen molar-refractivity contribution in [1.82, 2.24) is 0 Å². The summed E-state index contributed by atoms with van der Waals surface area (Å²) in [6.07, 6.45) is 6.91. The summed E-state index contributed by atoms with van der Waals surface area (Å²) in [6.45, 7) is 6.95. The molecule has 0 bridgehead atoms. The highest BCUT2D eigenvalue weighted by Gasteiger charge is 2.34. The molecule has 1 heteroatoms. The molecule has 1 aliphatic rings. The van der Waals surface area contributed by atoms with Gasteiger partial charge in [-0.1, -0.05) is 80.2 Å². The summed E-state index contributed by atoms with van der Waals surface area (Å²) >= 11 is 3.97. The lowest BCUT2D eigenvalue weighted by atomic mass is 9.72. The first-order valence-corrected chi connectivity index (χ1v) is 8.18. The van der Waals surface area contributed by atoms with Gasteiger partial charge >= 0.3 is 0 Å². The van der Waals surface area contributed by atoms with E-state index in [9.17, 15) is 0 Å². The Hall–Kier alpha value is -0.300. The SMILES string of the molecule is CC(C)c1ccc(C(Br)C2(C)CCCCC2)cc1. The maximum atomic E-state index is 3.97. The molecule has 1 aliphatic carbocycles. The van der Waals surface area contributed by atoms with Gasteiger partial charge in [0.25, 0.3) is 0 Å². The highest BCUT2D eigenvalue weighted by Crippen LogP contribution is 2.50. The topological polar surface area (TPSA) is 0 Å². The maximum absolute atomic E-state index is 3.97. The lowest BCUT2D eigenvalue weighted by Crippen LogP contribution is -2.25. The third-order valence-corrected chi connectivity index (χ3v) is 6.14. The third-order valence-electron chi connectivity index (χ3n) is 4.50. The number of rotatable bonds is 3. The quantitative estimate of drug-likeness (QED) is 0.582. The van der Waals surface area contributed by atoms with Crippen molar-refractivity contribution in [2.45, 2.75) is 63.6 Å². The Labute approximate surface area is 120 Å². The lowest BCUT2D eigenvalue weighted by Gasteiger charge is -2.38. The van der Waals surface area contributed by atoms with E-state index >= 15 is 0 Å². The molecule has 1 unspecified atom stereocenters. The van der Waals surface area contributed by atoms with E-state index in [1.807, 2.05) is 0 Å². The first-order chi connectivity index (χ1) is 8.53. The molecule has 2 rings (SSSR count). The van der Waals surface area contributed by atoms with E-state index in [2.05, 4.69) is 61.0 Å².